The minimum Gasteiger partial charge on any atom is -0.406 e. The van der Waals surface area contributed by atoms with Crippen molar-refractivity contribution in [2.45, 2.75) is 50.6 Å². The fourth-order valence-corrected chi connectivity index (χ4v) is 4.19. The molecule has 4 rings (SSSR count). The Morgan fingerprint density at radius 1 is 1.09 bits per heavy atom. The first-order valence-electron chi connectivity index (χ1n) is 10.2. The van der Waals surface area contributed by atoms with Crippen LogP contribution >= 0.6 is 0 Å². The quantitative estimate of drug-likeness (QED) is 0.575. The second-order valence-electron chi connectivity index (χ2n) is 8.33. The van der Waals surface area contributed by atoms with E-state index in [0.29, 0.717) is 17.1 Å². The van der Waals surface area contributed by atoms with Gasteiger partial charge < -0.3 is 10.1 Å². The molecule has 0 radical (unpaired) electrons. The summed E-state index contributed by atoms with van der Waals surface area (Å²) in [6, 6.07) is 5.35. The summed E-state index contributed by atoms with van der Waals surface area (Å²) in [4.78, 5) is 12.5. The number of carbonyl (C=O) groups is 1. The van der Waals surface area contributed by atoms with Gasteiger partial charge in [-0.25, -0.2) is 0 Å². The summed E-state index contributed by atoms with van der Waals surface area (Å²) in [5.74, 6) is -2.63. The fourth-order valence-electron chi connectivity index (χ4n) is 4.19. The van der Waals surface area contributed by atoms with E-state index in [-0.39, 0.29) is 24.5 Å². The number of hydrogen-bond donors (Lipinski definition) is 1. The molecule has 0 saturated heterocycles. The van der Waals surface area contributed by atoms with E-state index in [9.17, 15) is 31.1 Å². The van der Waals surface area contributed by atoms with Crippen LogP contribution in [0.25, 0.3) is 11.3 Å². The summed E-state index contributed by atoms with van der Waals surface area (Å²) >= 11 is 0. The van der Waals surface area contributed by atoms with Crippen LogP contribution in [0.1, 0.15) is 43.6 Å². The third kappa shape index (κ3) is 4.56. The zero-order chi connectivity index (χ0) is 23.3. The molecule has 0 unspecified atom stereocenters. The molecule has 1 N–H and O–H groups in total. The van der Waals surface area contributed by atoms with Gasteiger partial charge in [-0.15, -0.1) is 13.2 Å². The highest BCUT2D eigenvalue weighted by atomic mass is 19.4. The van der Waals surface area contributed by atoms with E-state index in [2.05, 4.69) is 15.2 Å². The van der Waals surface area contributed by atoms with E-state index in [4.69, 9.17) is 0 Å². The lowest BCUT2D eigenvalue weighted by Crippen LogP contribution is -2.41. The molecule has 5 nitrogen and oxygen atoms in total. The molecule has 0 spiro atoms. The van der Waals surface area contributed by atoms with Gasteiger partial charge in [-0.3, -0.25) is 9.48 Å². The van der Waals surface area contributed by atoms with Gasteiger partial charge in [-0.05, 0) is 55.9 Å². The van der Waals surface area contributed by atoms with Crippen molar-refractivity contribution in [2.24, 2.45) is 18.9 Å². The van der Waals surface area contributed by atoms with Crippen molar-refractivity contribution in [1.29, 1.82) is 0 Å². The number of rotatable bonds is 5. The number of amides is 1. The van der Waals surface area contributed by atoms with Gasteiger partial charge in [-0.1, -0.05) is 6.42 Å². The van der Waals surface area contributed by atoms with Crippen LogP contribution in [0.2, 0.25) is 0 Å². The van der Waals surface area contributed by atoms with Crippen LogP contribution in [0, 0.1) is 11.8 Å². The molecule has 2 fully saturated rings. The maximum atomic E-state index is 12.7. The Kier molecular flexibility index (Phi) is 5.62. The fraction of sp³-hybridized carbons (Fsp3) is 0.524. The standard InChI is InChI=1S/C21H21F6N3O2/c1-30-17(12-5-7-15(8-6-12)32-21(25,26)27)16(11-3-2-4-11)18(29-30)28-19(31)13-9-14(10-13)20(22,23)24/h5-8,11,13-14H,2-4,9-10H2,1H3,(H,28,29,31). The van der Waals surface area contributed by atoms with E-state index in [1.54, 1.807) is 7.05 Å². The average Bonchev–Trinajstić information content (AvgIpc) is 2.86. The predicted octanol–water partition coefficient (Wildman–Crippen LogP) is 5.78. The molecular weight excluding hydrogens is 440 g/mol. The molecule has 1 aromatic carbocycles. The first-order valence-corrected chi connectivity index (χ1v) is 10.2. The van der Waals surface area contributed by atoms with Gasteiger partial charge >= 0.3 is 12.5 Å². The Hall–Kier alpha value is -2.72. The number of alkyl halides is 6. The number of nitrogens with zero attached hydrogens (tertiary/aromatic N) is 2. The molecule has 1 aromatic heterocycles. The van der Waals surface area contributed by atoms with E-state index in [1.807, 2.05) is 0 Å². The van der Waals surface area contributed by atoms with Crippen molar-refractivity contribution in [3.63, 3.8) is 0 Å². The third-order valence-electron chi connectivity index (χ3n) is 6.17. The van der Waals surface area contributed by atoms with Crippen molar-refractivity contribution < 1.29 is 35.9 Å². The minimum atomic E-state index is -4.80. The maximum absolute atomic E-state index is 12.7. The number of aryl methyl sites for hydroxylation is 1. The number of hydrogen-bond acceptors (Lipinski definition) is 3. The molecule has 2 aromatic rings. The monoisotopic (exact) mass is 461 g/mol. The van der Waals surface area contributed by atoms with Crippen LogP contribution < -0.4 is 10.1 Å². The van der Waals surface area contributed by atoms with Gasteiger partial charge in [0.1, 0.15) is 5.75 Å². The van der Waals surface area contributed by atoms with Crippen molar-refractivity contribution in [2.75, 3.05) is 5.32 Å². The Morgan fingerprint density at radius 3 is 2.22 bits per heavy atom. The van der Waals surface area contributed by atoms with Crippen LogP contribution in [0.5, 0.6) is 5.75 Å². The summed E-state index contributed by atoms with van der Waals surface area (Å²) in [6.07, 6.45) is -6.88. The van der Waals surface area contributed by atoms with Crippen molar-refractivity contribution in [3.05, 3.63) is 29.8 Å². The molecule has 32 heavy (non-hydrogen) atoms. The van der Waals surface area contributed by atoms with Crippen LogP contribution in [-0.2, 0) is 11.8 Å². The summed E-state index contributed by atoms with van der Waals surface area (Å²) < 4.78 is 80.9. The lowest BCUT2D eigenvalue weighted by atomic mass is 9.74. The molecule has 174 valence electrons. The zero-order valence-electron chi connectivity index (χ0n) is 17.1. The first kappa shape index (κ1) is 22.5. The van der Waals surface area contributed by atoms with Gasteiger partial charge in [-0.2, -0.15) is 18.3 Å². The summed E-state index contributed by atoms with van der Waals surface area (Å²) in [6.45, 7) is 0. The van der Waals surface area contributed by atoms with E-state index >= 15 is 0 Å². The lowest BCUT2D eigenvalue weighted by molar-refractivity contribution is -0.274. The van der Waals surface area contributed by atoms with Crippen LogP contribution in [0.3, 0.4) is 0 Å². The average molecular weight is 461 g/mol. The minimum absolute atomic E-state index is 0.101. The van der Waals surface area contributed by atoms with Crippen molar-refractivity contribution >= 4 is 11.7 Å². The van der Waals surface area contributed by atoms with Crippen LogP contribution in [0.15, 0.2) is 24.3 Å². The van der Waals surface area contributed by atoms with Crippen LogP contribution in [-0.4, -0.2) is 28.2 Å². The Bertz CT molecular complexity index is 987. The SMILES string of the molecule is Cn1nc(NC(=O)C2CC(C(F)(F)F)C2)c(C2CCC2)c1-c1ccc(OC(F)(F)F)cc1. The summed E-state index contributed by atoms with van der Waals surface area (Å²) in [5, 5.41) is 7.07. The second kappa shape index (κ2) is 8.00. The Balaban J connectivity index is 1.56. The number of nitrogens with one attached hydrogen (secondary N) is 1. The largest absolute Gasteiger partial charge is 0.573 e. The first-order chi connectivity index (χ1) is 14.9. The zero-order valence-corrected chi connectivity index (χ0v) is 17.1. The van der Waals surface area contributed by atoms with Crippen molar-refractivity contribution in [3.8, 4) is 17.0 Å². The van der Waals surface area contributed by atoms with Crippen LogP contribution in [0.4, 0.5) is 32.2 Å². The number of ether oxygens (including phenoxy) is 1. The Labute approximate surface area is 179 Å². The van der Waals surface area contributed by atoms with Gasteiger partial charge in [0.2, 0.25) is 5.91 Å². The number of aromatic nitrogens is 2. The highest BCUT2D eigenvalue weighted by Gasteiger charge is 2.50. The molecule has 11 heteroatoms. The number of benzene rings is 1. The van der Waals surface area contributed by atoms with E-state index in [0.717, 1.165) is 24.8 Å². The molecule has 1 heterocycles. The summed E-state index contributed by atoms with van der Waals surface area (Å²) in [5.41, 5.74) is 1.99. The maximum Gasteiger partial charge on any atom is 0.573 e. The molecule has 0 bridgehead atoms. The topological polar surface area (TPSA) is 56.2 Å². The number of carbonyl (C=O) groups excluding carboxylic acids is 1. The molecule has 2 aliphatic carbocycles. The molecule has 0 atom stereocenters. The number of halogens is 6. The molecule has 2 aliphatic rings. The molecule has 2 saturated carbocycles. The third-order valence-corrected chi connectivity index (χ3v) is 6.17. The van der Waals surface area contributed by atoms with Gasteiger partial charge in [0.25, 0.3) is 0 Å². The van der Waals surface area contributed by atoms with Gasteiger partial charge in [0, 0.05) is 24.1 Å². The van der Waals surface area contributed by atoms with Crippen molar-refractivity contribution in [1.82, 2.24) is 9.78 Å². The van der Waals surface area contributed by atoms with E-state index in [1.165, 1.54) is 28.9 Å². The molecule has 1 amide bonds. The smallest absolute Gasteiger partial charge is 0.406 e. The predicted molar refractivity (Wildman–Crippen MR) is 103 cm³/mol. The molecule has 0 aliphatic heterocycles. The highest BCUT2D eigenvalue weighted by molar-refractivity contribution is 5.94. The molecular formula is C21H21F6N3O2. The van der Waals surface area contributed by atoms with Gasteiger partial charge in [0.05, 0.1) is 11.6 Å². The lowest BCUT2D eigenvalue weighted by Gasteiger charge is -2.35. The number of anilines is 1. The van der Waals surface area contributed by atoms with Gasteiger partial charge in [0.15, 0.2) is 5.82 Å². The Morgan fingerprint density at radius 2 is 1.72 bits per heavy atom. The summed E-state index contributed by atoms with van der Waals surface area (Å²) in [7, 11) is 1.65. The normalized spacial score (nSPS) is 21.6. The second-order valence-corrected chi connectivity index (χ2v) is 8.33. The van der Waals surface area contributed by atoms with E-state index < -0.39 is 30.3 Å². The highest BCUT2D eigenvalue weighted by Crippen LogP contribution is 2.47.